The Morgan fingerprint density at radius 3 is 2.81 bits per heavy atom. The predicted molar refractivity (Wildman–Crippen MR) is 84.2 cm³/mol. The fourth-order valence-electron chi connectivity index (χ4n) is 2.44. The topological polar surface area (TPSA) is 55.6 Å². The number of hydrogen-bond acceptors (Lipinski definition) is 4. The van der Waals surface area contributed by atoms with Crippen molar-refractivity contribution in [2.45, 2.75) is 33.9 Å². The second-order valence-electron chi connectivity index (χ2n) is 5.16. The van der Waals surface area contributed by atoms with Crippen molar-refractivity contribution < 1.29 is 0 Å². The van der Waals surface area contributed by atoms with E-state index in [0.717, 1.165) is 35.8 Å². The van der Waals surface area contributed by atoms with Crippen LogP contribution in [0.4, 0.5) is 5.82 Å². The number of fused-ring (bicyclic) bond motifs is 1. The van der Waals surface area contributed by atoms with E-state index in [4.69, 9.17) is 0 Å². The summed E-state index contributed by atoms with van der Waals surface area (Å²) >= 11 is 0. The average Bonchev–Trinajstić information content (AvgIpc) is 2.87. The highest BCUT2D eigenvalue weighted by Gasteiger charge is 2.10. The number of aryl methyl sites for hydroxylation is 3. The Kier molecular flexibility index (Phi) is 3.56. The molecule has 0 aliphatic heterocycles. The van der Waals surface area contributed by atoms with E-state index >= 15 is 0 Å². The Hall–Kier alpha value is -2.43. The van der Waals surface area contributed by atoms with Crippen LogP contribution in [0.3, 0.4) is 0 Å². The summed E-state index contributed by atoms with van der Waals surface area (Å²) in [5.74, 6) is 1.60. The number of rotatable bonds is 4. The lowest BCUT2D eigenvalue weighted by Gasteiger charge is -2.08. The van der Waals surface area contributed by atoms with Crippen molar-refractivity contribution in [2.24, 2.45) is 0 Å². The molecule has 0 saturated heterocycles. The van der Waals surface area contributed by atoms with Gasteiger partial charge in [0.25, 0.3) is 0 Å². The molecule has 0 spiro atoms. The Bertz CT molecular complexity index is 775. The molecule has 5 heteroatoms. The minimum absolute atomic E-state index is 0.741. The smallest absolute Gasteiger partial charge is 0.163 e. The second kappa shape index (κ2) is 5.52. The molecule has 0 aliphatic rings. The zero-order valence-electron chi connectivity index (χ0n) is 12.6. The summed E-state index contributed by atoms with van der Waals surface area (Å²) in [4.78, 5) is 9.00. The van der Waals surface area contributed by atoms with Crippen LogP contribution in [0.15, 0.2) is 30.5 Å². The lowest BCUT2D eigenvalue weighted by Crippen LogP contribution is -2.05. The zero-order chi connectivity index (χ0) is 14.8. The first kappa shape index (κ1) is 13.5. The molecule has 21 heavy (non-hydrogen) atoms. The Morgan fingerprint density at radius 2 is 2.05 bits per heavy atom. The minimum Gasteiger partial charge on any atom is -0.365 e. The van der Waals surface area contributed by atoms with E-state index in [2.05, 4.69) is 58.5 Å². The first-order valence-corrected chi connectivity index (χ1v) is 7.17. The summed E-state index contributed by atoms with van der Waals surface area (Å²) < 4.78 is 1.89. The largest absolute Gasteiger partial charge is 0.365 e. The average molecular weight is 281 g/mol. The number of nitrogens with one attached hydrogen (secondary N) is 1. The van der Waals surface area contributed by atoms with Crippen molar-refractivity contribution >= 4 is 16.9 Å². The van der Waals surface area contributed by atoms with Crippen LogP contribution in [0.2, 0.25) is 0 Å². The molecule has 5 nitrogen and oxygen atoms in total. The monoisotopic (exact) mass is 281 g/mol. The summed E-state index contributed by atoms with van der Waals surface area (Å²) in [6, 6.07) is 8.46. The third-order valence-electron chi connectivity index (χ3n) is 3.45. The highest BCUT2D eigenvalue weighted by molar-refractivity contribution is 5.86. The van der Waals surface area contributed by atoms with Crippen LogP contribution in [0.5, 0.6) is 0 Å². The lowest BCUT2D eigenvalue weighted by molar-refractivity contribution is 0.675. The molecule has 2 heterocycles. The van der Waals surface area contributed by atoms with Crippen molar-refractivity contribution in [3.8, 4) is 0 Å². The van der Waals surface area contributed by atoms with E-state index in [1.807, 2.05) is 17.8 Å². The van der Waals surface area contributed by atoms with Gasteiger partial charge in [-0.3, -0.25) is 0 Å². The summed E-state index contributed by atoms with van der Waals surface area (Å²) in [5, 5.41) is 8.73. The summed E-state index contributed by atoms with van der Waals surface area (Å²) in [6.07, 6.45) is 1.83. The number of benzene rings is 1. The molecule has 0 bridgehead atoms. The fourth-order valence-corrected chi connectivity index (χ4v) is 2.44. The van der Waals surface area contributed by atoms with Gasteiger partial charge < -0.3 is 5.32 Å². The van der Waals surface area contributed by atoms with Crippen molar-refractivity contribution in [2.75, 3.05) is 5.32 Å². The van der Waals surface area contributed by atoms with Gasteiger partial charge in [0.05, 0.1) is 11.6 Å². The zero-order valence-corrected chi connectivity index (χ0v) is 12.6. The summed E-state index contributed by atoms with van der Waals surface area (Å²) in [7, 11) is 0. The summed E-state index contributed by atoms with van der Waals surface area (Å²) in [5.41, 5.74) is 3.39. The van der Waals surface area contributed by atoms with Gasteiger partial charge in [0.2, 0.25) is 0 Å². The maximum absolute atomic E-state index is 4.51. The Balaban J connectivity index is 1.91. The van der Waals surface area contributed by atoms with Gasteiger partial charge in [0.15, 0.2) is 5.65 Å². The molecule has 0 unspecified atom stereocenters. The Morgan fingerprint density at radius 1 is 1.19 bits per heavy atom. The molecule has 3 rings (SSSR count). The van der Waals surface area contributed by atoms with Gasteiger partial charge in [-0.1, -0.05) is 29.8 Å². The number of anilines is 1. The van der Waals surface area contributed by atoms with Crippen molar-refractivity contribution in [1.29, 1.82) is 0 Å². The molecule has 1 N–H and O–H groups in total. The van der Waals surface area contributed by atoms with Crippen LogP contribution in [-0.2, 0) is 13.1 Å². The van der Waals surface area contributed by atoms with Crippen molar-refractivity contribution in [1.82, 2.24) is 19.7 Å². The maximum atomic E-state index is 4.51. The van der Waals surface area contributed by atoms with Gasteiger partial charge in [0, 0.05) is 13.1 Å². The fraction of sp³-hybridized carbons (Fsp3) is 0.312. The van der Waals surface area contributed by atoms with Crippen LogP contribution < -0.4 is 5.32 Å². The van der Waals surface area contributed by atoms with Gasteiger partial charge in [-0.15, -0.1) is 0 Å². The van der Waals surface area contributed by atoms with Crippen LogP contribution in [0.25, 0.3) is 11.0 Å². The van der Waals surface area contributed by atoms with E-state index in [9.17, 15) is 0 Å². The lowest BCUT2D eigenvalue weighted by atomic mass is 10.1. The molecular weight excluding hydrogens is 262 g/mol. The van der Waals surface area contributed by atoms with Gasteiger partial charge in [-0.2, -0.15) is 5.10 Å². The first-order valence-electron chi connectivity index (χ1n) is 7.17. The molecule has 0 radical (unpaired) electrons. The molecule has 0 aliphatic carbocycles. The van der Waals surface area contributed by atoms with Crippen molar-refractivity contribution in [3.05, 3.63) is 47.4 Å². The predicted octanol–water partition coefficient (Wildman–Crippen LogP) is 3.08. The van der Waals surface area contributed by atoms with E-state index < -0.39 is 0 Å². The molecule has 0 atom stereocenters. The molecule has 2 aromatic heterocycles. The SMILES string of the molecule is CCn1ncc2c(NCc3cccc(C)c3)nc(C)nc21. The van der Waals surface area contributed by atoms with E-state index in [1.54, 1.807) is 0 Å². The molecular formula is C16H19N5. The normalized spacial score (nSPS) is 11.0. The third-order valence-corrected chi connectivity index (χ3v) is 3.45. The summed E-state index contributed by atoms with van der Waals surface area (Å²) in [6.45, 7) is 7.61. The first-order chi connectivity index (χ1) is 10.2. The molecule has 0 amide bonds. The molecule has 0 fully saturated rings. The van der Waals surface area contributed by atoms with Crippen LogP contribution in [0.1, 0.15) is 23.9 Å². The Labute approximate surface area is 124 Å². The molecule has 1 aromatic carbocycles. The maximum Gasteiger partial charge on any atom is 0.163 e. The van der Waals surface area contributed by atoms with Crippen molar-refractivity contribution in [3.63, 3.8) is 0 Å². The highest BCUT2D eigenvalue weighted by atomic mass is 15.3. The number of nitrogens with zero attached hydrogens (tertiary/aromatic N) is 4. The standard InChI is InChI=1S/C16H19N5/c1-4-21-16-14(10-18-21)15(19-12(3)20-16)17-9-13-7-5-6-11(2)8-13/h5-8,10H,4,9H2,1-3H3,(H,17,19,20). The molecule has 3 aromatic rings. The molecule has 0 saturated carbocycles. The van der Waals surface area contributed by atoms with Crippen LogP contribution >= 0.6 is 0 Å². The third kappa shape index (κ3) is 2.72. The minimum atomic E-state index is 0.741. The van der Waals surface area contributed by atoms with Gasteiger partial charge in [0.1, 0.15) is 11.6 Å². The molecule has 108 valence electrons. The number of hydrogen-bond donors (Lipinski definition) is 1. The second-order valence-corrected chi connectivity index (χ2v) is 5.16. The van der Waals surface area contributed by atoms with Crippen LogP contribution in [0, 0.1) is 13.8 Å². The highest BCUT2D eigenvalue weighted by Crippen LogP contribution is 2.20. The van der Waals surface area contributed by atoms with E-state index in [0.29, 0.717) is 0 Å². The van der Waals surface area contributed by atoms with Gasteiger partial charge >= 0.3 is 0 Å². The van der Waals surface area contributed by atoms with Gasteiger partial charge in [-0.05, 0) is 26.3 Å². The quantitative estimate of drug-likeness (QED) is 0.798. The number of aromatic nitrogens is 4. The van der Waals surface area contributed by atoms with Gasteiger partial charge in [-0.25, -0.2) is 14.6 Å². The van der Waals surface area contributed by atoms with E-state index in [-0.39, 0.29) is 0 Å². The van der Waals surface area contributed by atoms with E-state index in [1.165, 1.54) is 11.1 Å². The van der Waals surface area contributed by atoms with Crippen LogP contribution in [-0.4, -0.2) is 19.7 Å².